The van der Waals surface area contributed by atoms with E-state index < -0.39 is 0 Å². The molecule has 0 aromatic heterocycles. The molecule has 0 aliphatic heterocycles. The van der Waals surface area contributed by atoms with Crippen molar-refractivity contribution in [1.82, 2.24) is 0 Å². The zero-order valence-corrected chi connectivity index (χ0v) is 10.5. The number of hydrogen-bond donors (Lipinski definition) is 1. The fraction of sp³-hybridized carbons (Fsp3) is 1.00. The topological polar surface area (TPSA) is 44.5 Å². The van der Waals surface area contributed by atoms with Gasteiger partial charge in [0.2, 0.25) is 0 Å². The number of ether oxygens (including phenoxy) is 2. The van der Waals surface area contributed by atoms with Crippen LogP contribution in [-0.2, 0) is 9.47 Å². The van der Waals surface area contributed by atoms with E-state index in [1.54, 1.807) is 0 Å². The van der Waals surface area contributed by atoms with Crippen molar-refractivity contribution in [3.8, 4) is 0 Å². The second-order valence-electron chi connectivity index (χ2n) is 2.33. The van der Waals surface area contributed by atoms with Gasteiger partial charge in [0.1, 0.15) is 0 Å². The van der Waals surface area contributed by atoms with E-state index in [-0.39, 0.29) is 37.1 Å². The van der Waals surface area contributed by atoms with Crippen LogP contribution in [0.15, 0.2) is 0 Å². The molecular formula is C8H20NNaO2. The maximum Gasteiger partial charge on any atom is 1.00 e. The van der Waals surface area contributed by atoms with E-state index in [1.807, 2.05) is 6.92 Å². The van der Waals surface area contributed by atoms with E-state index in [1.165, 1.54) is 0 Å². The minimum absolute atomic E-state index is 0. The third-order valence-corrected chi connectivity index (χ3v) is 1.50. The Morgan fingerprint density at radius 3 is 2.42 bits per heavy atom. The maximum atomic E-state index is 5.43. The first-order valence-corrected chi connectivity index (χ1v) is 4.24. The molecule has 0 heterocycles. The molecule has 0 aromatic carbocycles. The molecule has 0 fully saturated rings. The first-order chi connectivity index (χ1) is 5.35. The van der Waals surface area contributed by atoms with Gasteiger partial charge in [-0.1, -0.05) is 6.92 Å². The second kappa shape index (κ2) is 11.9. The number of hydrogen-bond acceptors (Lipinski definition) is 3. The molecule has 1 atom stereocenters. The van der Waals surface area contributed by atoms with Crippen LogP contribution in [0.1, 0.15) is 21.7 Å². The molecule has 3 nitrogen and oxygen atoms in total. The molecule has 2 N–H and O–H groups in total. The Morgan fingerprint density at radius 2 is 2.00 bits per heavy atom. The average molecular weight is 185 g/mol. The predicted molar refractivity (Wildman–Crippen MR) is 46.7 cm³/mol. The summed E-state index contributed by atoms with van der Waals surface area (Å²) >= 11 is 0. The Balaban J connectivity index is -0.000000500. The molecule has 0 spiro atoms. The fourth-order valence-corrected chi connectivity index (χ4v) is 0.771. The molecule has 0 aliphatic carbocycles. The molecule has 0 aliphatic rings. The Kier molecular flexibility index (Phi) is 15.2. The van der Waals surface area contributed by atoms with Gasteiger partial charge in [-0.3, -0.25) is 0 Å². The van der Waals surface area contributed by atoms with E-state index in [0.29, 0.717) is 19.8 Å². The van der Waals surface area contributed by atoms with Gasteiger partial charge in [0.25, 0.3) is 0 Å². The minimum Gasteiger partial charge on any atom is -1.00 e. The normalized spacial score (nSPS) is 12.2. The summed E-state index contributed by atoms with van der Waals surface area (Å²) in [7, 11) is 0. The van der Waals surface area contributed by atoms with Gasteiger partial charge < -0.3 is 16.6 Å². The van der Waals surface area contributed by atoms with Crippen molar-refractivity contribution >= 4 is 0 Å². The summed E-state index contributed by atoms with van der Waals surface area (Å²) in [5, 5.41) is 0. The Hall–Kier alpha value is 0.880. The standard InChI is InChI=1S/C8H19NO2.Na.H/c1-3-8(7-9)11-6-5-10-4-2;;/h8H,3-7,9H2,1-2H3;;/q;+1;-1. The summed E-state index contributed by atoms with van der Waals surface area (Å²) in [4.78, 5) is 0. The molecule has 1 unspecified atom stereocenters. The average Bonchev–Trinajstić information content (AvgIpc) is 2.05. The van der Waals surface area contributed by atoms with Gasteiger partial charge in [0.15, 0.2) is 0 Å². The molecule has 0 aromatic rings. The van der Waals surface area contributed by atoms with Crippen LogP contribution in [0, 0.1) is 0 Å². The number of rotatable bonds is 7. The summed E-state index contributed by atoms with van der Waals surface area (Å²) in [6.45, 7) is 6.72. The van der Waals surface area contributed by atoms with E-state index in [4.69, 9.17) is 15.2 Å². The van der Waals surface area contributed by atoms with Crippen molar-refractivity contribution in [3.63, 3.8) is 0 Å². The quantitative estimate of drug-likeness (QED) is 0.365. The summed E-state index contributed by atoms with van der Waals surface area (Å²) in [5.41, 5.74) is 5.43. The van der Waals surface area contributed by atoms with Gasteiger partial charge in [-0.05, 0) is 13.3 Å². The molecule has 12 heavy (non-hydrogen) atoms. The Morgan fingerprint density at radius 1 is 1.33 bits per heavy atom. The molecule has 4 heteroatoms. The Bertz CT molecular complexity index is 84.5. The Labute approximate surface area is 98.8 Å². The van der Waals surface area contributed by atoms with E-state index >= 15 is 0 Å². The van der Waals surface area contributed by atoms with Crippen LogP contribution in [0.5, 0.6) is 0 Å². The smallest absolute Gasteiger partial charge is 1.00 e. The monoisotopic (exact) mass is 185 g/mol. The summed E-state index contributed by atoms with van der Waals surface area (Å²) in [5.74, 6) is 0. The van der Waals surface area contributed by atoms with Crippen LogP contribution < -0.4 is 35.3 Å². The molecular weight excluding hydrogens is 165 g/mol. The molecule has 0 saturated heterocycles. The SMILES string of the molecule is CCOCCOC(CC)CN.[H-].[Na+]. The predicted octanol–water partition coefficient (Wildman–Crippen LogP) is -2.11. The van der Waals surface area contributed by atoms with Crippen LogP contribution in [0.25, 0.3) is 0 Å². The van der Waals surface area contributed by atoms with E-state index in [2.05, 4.69) is 6.92 Å². The first kappa shape index (κ1) is 15.4. The molecule has 0 radical (unpaired) electrons. The van der Waals surface area contributed by atoms with Crippen LogP contribution in [0.2, 0.25) is 0 Å². The largest absolute Gasteiger partial charge is 1.00 e. The van der Waals surface area contributed by atoms with Crippen LogP contribution in [0.4, 0.5) is 0 Å². The van der Waals surface area contributed by atoms with Gasteiger partial charge in [0.05, 0.1) is 19.3 Å². The zero-order chi connectivity index (χ0) is 8.53. The van der Waals surface area contributed by atoms with Gasteiger partial charge in [-0.25, -0.2) is 0 Å². The van der Waals surface area contributed by atoms with E-state index in [9.17, 15) is 0 Å². The zero-order valence-electron chi connectivity index (χ0n) is 9.51. The third-order valence-electron chi connectivity index (χ3n) is 1.50. The van der Waals surface area contributed by atoms with Gasteiger partial charge in [-0.2, -0.15) is 0 Å². The second-order valence-corrected chi connectivity index (χ2v) is 2.33. The van der Waals surface area contributed by atoms with Crippen molar-refractivity contribution in [2.75, 3.05) is 26.4 Å². The minimum atomic E-state index is 0. The van der Waals surface area contributed by atoms with E-state index in [0.717, 1.165) is 13.0 Å². The van der Waals surface area contributed by atoms with Gasteiger partial charge >= 0.3 is 29.6 Å². The maximum absolute atomic E-state index is 5.43. The first-order valence-electron chi connectivity index (χ1n) is 4.24. The summed E-state index contributed by atoms with van der Waals surface area (Å²) in [6, 6.07) is 0. The molecule has 70 valence electrons. The summed E-state index contributed by atoms with van der Waals surface area (Å²) in [6.07, 6.45) is 1.18. The van der Waals surface area contributed by atoms with Crippen molar-refractivity contribution in [3.05, 3.63) is 0 Å². The van der Waals surface area contributed by atoms with Crippen molar-refractivity contribution in [1.29, 1.82) is 0 Å². The van der Waals surface area contributed by atoms with Crippen LogP contribution >= 0.6 is 0 Å². The fourth-order valence-electron chi connectivity index (χ4n) is 0.771. The van der Waals surface area contributed by atoms with Gasteiger partial charge in [-0.15, -0.1) is 0 Å². The van der Waals surface area contributed by atoms with Gasteiger partial charge in [0, 0.05) is 13.2 Å². The molecule has 0 bridgehead atoms. The van der Waals surface area contributed by atoms with Crippen molar-refractivity contribution in [2.24, 2.45) is 5.73 Å². The molecule has 0 amide bonds. The van der Waals surface area contributed by atoms with Crippen LogP contribution in [0.3, 0.4) is 0 Å². The van der Waals surface area contributed by atoms with Crippen LogP contribution in [-0.4, -0.2) is 32.5 Å². The van der Waals surface area contributed by atoms with Crippen molar-refractivity contribution < 1.29 is 40.5 Å². The summed E-state index contributed by atoms with van der Waals surface area (Å²) < 4.78 is 10.5. The molecule has 0 saturated carbocycles. The number of nitrogens with two attached hydrogens (primary N) is 1. The van der Waals surface area contributed by atoms with Crippen molar-refractivity contribution in [2.45, 2.75) is 26.4 Å². The third kappa shape index (κ3) is 8.97. The molecule has 0 rings (SSSR count).